The average molecular weight is 203 g/mol. The molecule has 2 atom stereocenters. The summed E-state index contributed by atoms with van der Waals surface area (Å²) in [6, 6.07) is 0. The molecule has 2 heterocycles. The molecule has 0 spiro atoms. The lowest BCUT2D eigenvalue weighted by Crippen LogP contribution is -2.13. The van der Waals surface area contributed by atoms with Crippen molar-refractivity contribution in [2.24, 2.45) is 11.8 Å². The molecule has 0 aromatic heterocycles. The summed E-state index contributed by atoms with van der Waals surface area (Å²) in [7, 11) is -2.66. The highest BCUT2D eigenvalue weighted by atomic mass is 32.2. The first-order valence-electron chi connectivity index (χ1n) is 5.07. The van der Waals surface area contributed by atoms with Crippen LogP contribution in [0.3, 0.4) is 0 Å². The van der Waals surface area contributed by atoms with Gasteiger partial charge in [-0.25, -0.2) is 8.42 Å². The second-order valence-corrected chi connectivity index (χ2v) is 6.59. The summed E-state index contributed by atoms with van der Waals surface area (Å²) in [5.41, 5.74) is 0. The predicted octanol–water partition coefficient (Wildman–Crippen LogP) is 0.421. The average Bonchev–Trinajstić information content (AvgIpc) is 2.61. The summed E-state index contributed by atoms with van der Waals surface area (Å²) >= 11 is 0. The van der Waals surface area contributed by atoms with Crippen LogP contribution in [0.1, 0.15) is 19.3 Å². The lowest BCUT2D eigenvalue weighted by molar-refractivity contribution is 0.420. The molecule has 76 valence electrons. The molecule has 0 aromatic carbocycles. The molecule has 1 N–H and O–H groups in total. The van der Waals surface area contributed by atoms with E-state index in [-0.39, 0.29) is 0 Å². The Balaban J connectivity index is 1.83. The largest absolute Gasteiger partial charge is 0.316 e. The number of nitrogens with one attached hydrogen (secondary N) is 1. The van der Waals surface area contributed by atoms with E-state index in [1.165, 1.54) is 6.42 Å². The molecular weight excluding hydrogens is 186 g/mol. The van der Waals surface area contributed by atoms with Gasteiger partial charge in [0.05, 0.1) is 11.5 Å². The Kier molecular flexibility index (Phi) is 2.60. The van der Waals surface area contributed by atoms with E-state index in [9.17, 15) is 8.42 Å². The number of hydrogen-bond donors (Lipinski definition) is 1. The predicted molar refractivity (Wildman–Crippen MR) is 52.4 cm³/mol. The SMILES string of the molecule is O=S1(=O)CCC(CC2CCNC2)C1. The first-order chi connectivity index (χ1) is 6.16. The zero-order valence-corrected chi connectivity index (χ0v) is 8.65. The third-order valence-corrected chi connectivity index (χ3v) is 4.99. The van der Waals surface area contributed by atoms with Crippen LogP contribution in [0.2, 0.25) is 0 Å². The van der Waals surface area contributed by atoms with E-state index in [2.05, 4.69) is 5.32 Å². The van der Waals surface area contributed by atoms with Gasteiger partial charge in [0.25, 0.3) is 0 Å². The maximum Gasteiger partial charge on any atom is 0.150 e. The molecule has 0 bridgehead atoms. The van der Waals surface area contributed by atoms with Gasteiger partial charge in [-0.2, -0.15) is 0 Å². The molecule has 3 nitrogen and oxygen atoms in total. The van der Waals surface area contributed by atoms with Crippen LogP contribution in [0, 0.1) is 11.8 Å². The summed E-state index contributed by atoms with van der Waals surface area (Å²) in [5, 5.41) is 3.32. The molecule has 13 heavy (non-hydrogen) atoms. The second kappa shape index (κ2) is 3.58. The van der Waals surface area contributed by atoms with Crippen molar-refractivity contribution in [3.8, 4) is 0 Å². The highest BCUT2D eigenvalue weighted by Gasteiger charge is 2.30. The van der Waals surface area contributed by atoms with Gasteiger partial charge in [0.1, 0.15) is 0 Å². The van der Waals surface area contributed by atoms with Gasteiger partial charge in [-0.3, -0.25) is 0 Å². The van der Waals surface area contributed by atoms with Crippen molar-refractivity contribution < 1.29 is 8.42 Å². The maximum atomic E-state index is 11.2. The van der Waals surface area contributed by atoms with Crippen LogP contribution >= 0.6 is 0 Å². The lowest BCUT2D eigenvalue weighted by Gasteiger charge is -2.12. The number of hydrogen-bond acceptors (Lipinski definition) is 3. The molecular formula is C9H17NO2S. The fourth-order valence-electron chi connectivity index (χ4n) is 2.44. The Hall–Kier alpha value is -0.0900. The molecule has 2 saturated heterocycles. The van der Waals surface area contributed by atoms with E-state index in [1.807, 2.05) is 0 Å². The Morgan fingerprint density at radius 2 is 2.08 bits per heavy atom. The van der Waals surface area contributed by atoms with Crippen LogP contribution in [-0.4, -0.2) is 33.0 Å². The van der Waals surface area contributed by atoms with Gasteiger partial charge >= 0.3 is 0 Å². The van der Waals surface area contributed by atoms with Gasteiger partial charge in [0, 0.05) is 0 Å². The van der Waals surface area contributed by atoms with Gasteiger partial charge in [0.2, 0.25) is 0 Å². The van der Waals surface area contributed by atoms with Crippen molar-refractivity contribution in [3.05, 3.63) is 0 Å². The second-order valence-electron chi connectivity index (χ2n) is 4.36. The molecule has 0 aromatic rings. The first kappa shape index (κ1) is 9.46. The standard InChI is InChI=1S/C9H17NO2S/c11-13(12)4-2-9(7-13)5-8-1-3-10-6-8/h8-10H,1-7H2. The maximum absolute atomic E-state index is 11.2. The van der Waals surface area contributed by atoms with Crippen molar-refractivity contribution in [1.29, 1.82) is 0 Å². The molecule has 0 amide bonds. The van der Waals surface area contributed by atoms with Crippen LogP contribution in [0.5, 0.6) is 0 Å². The molecule has 2 unspecified atom stereocenters. The molecule has 2 rings (SSSR count). The zero-order valence-electron chi connectivity index (χ0n) is 7.83. The monoisotopic (exact) mass is 203 g/mol. The summed E-state index contributed by atoms with van der Waals surface area (Å²) < 4.78 is 22.4. The molecule has 4 heteroatoms. The van der Waals surface area contributed by atoms with Gasteiger partial charge in [0.15, 0.2) is 9.84 Å². The minimum atomic E-state index is -2.66. The Morgan fingerprint density at radius 3 is 2.62 bits per heavy atom. The van der Waals surface area contributed by atoms with E-state index in [0.29, 0.717) is 17.4 Å². The smallest absolute Gasteiger partial charge is 0.150 e. The van der Waals surface area contributed by atoms with Gasteiger partial charge in [-0.05, 0) is 44.2 Å². The van der Waals surface area contributed by atoms with E-state index in [4.69, 9.17) is 0 Å². The topological polar surface area (TPSA) is 46.2 Å². The minimum absolute atomic E-state index is 0.428. The Morgan fingerprint density at radius 1 is 1.23 bits per heavy atom. The quantitative estimate of drug-likeness (QED) is 0.707. The highest BCUT2D eigenvalue weighted by molar-refractivity contribution is 7.91. The Labute approximate surface area is 79.8 Å². The van der Waals surface area contributed by atoms with Crippen LogP contribution in [0.4, 0.5) is 0 Å². The van der Waals surface area contributed by atoms with Crippen LogP contribution < -0.4 is 5.32 Å². The number of sulfone groups is 1. The molecule has 2 aliphatic rings. The van der Waals surface area contributed by atoms with Crippen LogP contribution in [-0.2, 0) is 9.84 Å². The van der Waals surface area contributed by atoms with E-state index < -0.39 is 9.84 Å². The molecule has 0 radical (unpaired) electrons. The van der Waals surface area contributed by atoms with E-state index in [1.54, 1.807) is 0 Å². The van der Waals surface area contributed by atoms with E-state index >= 15 is 0 Å². The van der Waals surface area contributed by atoms with Crippen molar-refractivity contribution in [2.75, 3.05) is 24.6 Å². The van der Waals surface area contributed by atoms with E-state index in [0.717, 1.165) is 31.8 Å². The fraction of sp³-hybridized carbons (Fsp3) is 1.00. The summed E-state index contributed by atoms with van der Waals surface area (Å²) in [6.45, 7) is 2.21. The van der Waals surface area contributed by atoms with Crippen molar-refractivity contribution in [1.82, 2.24) is 5.32 Å². The highest BCUT2D eigenvalue weighted by Crippen LogP contribution is 2.27. The lowest BCUT2D eigenvalue weighted by atomic mass is 9.93. The van der Waals surface area contributed by atoms with Gasteiger partial charge in [-0.15, -0.1) is 0 Å². The normalized spacial score (nSPS) is 38.2. The molecule has 2 fully saturated rings. The summed E-state index contributed by atoms with van der Waals surface area (Å²) in [4.78, 5) is 0. The minimum Gasteiger partial charge on any atom is -0.316 e. The van der Waals surface area contributed by atoms with Crippen molar-refractivity contribution in [3.63, 3.8) is 0 Å². The fourth-order valence-corrected chi connectivity index (χ4v) is 4.33. The summed E-state index contributed by atoms with van der Waals surface area (Å²) in [5.74, 6) is 2.06. The third kappa shape index (κ3) is 2.44. The molecule has 0 saturated carbocycles. The van der Waals surface area contributed by atoms with Crippen molar-refractivity contribution in [2.45, 2.75) is 19.3 Å². The molecule has 0 aliphatic carbocycles. The first-order valence-corrected chi connectivity index (χ1v) is 6.89. The number of rotatable bonds is 2. The molecule has 2 aliphatic heterocycles. The summed E-state index contributed by atoms with van der Waals surface area (Å²) in [6.07, 6.45) is 3.25. The van der Waals surface area contributed by atoms with Crippen LogP contribution in [0.25, 0.3) is 0 Å². The zero-order chi connectivity index (χ0) is 9.31. The van der Waals surface area contributed by atoms with Gasteiger partial charge < -0.3 is 5.32 Å². The Bertz CT molecular complexity index is 267. The van der Waals surface area contributed by atoms with Crippen LogP contribution in [0.15, 0.2) is 0 Å². The van der Waals surface area contributed by atoms with Crippen molar-refractivity contribution >= 4 is 9.84 Å². The van der Waals surface area contributed by atoms with Gasteiger partial charge in [-0.1, -0.05) is 0 Å². The third-order valence-electron chi connectivity index (χ3n) is 3.16.